The predicted molar refractivity (Wildman–Crippen MR) is 80.9 cm³/mol. The van der Waals surface area contributed by atoms with E-state index < -0.39 is 0 Å². The molecule has 1 N–H and O–H groups in total. The second kappa shape index (κ2) is 6.85. The van der Waals surface area contributed by atoms with E-state index in [1.54, 1.807) is 6.33 Å². The monoisotopic (exact) mass is 293 g/mol. The molecule has 6 nitrogen and oxygen atoms in total. The summed E-state index contributed by atoms with van der Waals surface area (Å²) in [6.07, 6.45) is 4.58. The number of nitrogens with zero attached hydrogens (tertiary/aromatic N) is 4. The van der Waals surface area contributed by atoms with Crippen molar-refractivity contribution in [1.29, 1.82) is 0 Å². The Balaban J connectivity index is 1.43. The Morgan fingerprint density at radius 3 is 3.24 bits per heavy atom. The summed E-state index contributed by atoms with van der Waals surface area (Å²) >= 11 is 0. The first-order chi connectivity index (χ1) is 10.2. The minimum atomic E-state index is 0.306. The molecule has 2 unspecified atom stereocenters. The highest BCUT2D eigenvalue weighted by Gasteiger charge is 2.31. The van der Waals surface area contributed by atoms with Crippen LogP contribution in [0.15, 0.2) is 6.33 Å². The van der Waals surface area contributed by atoms with Crippen LogP contribution in [0.5, 0.6) is 0 Å². The summed E-state index contributed by atoms with van der Waals surface area (Å²) in [6, 6.07) is 0.676. The van der Waals surface area contributed by atoms with Gasteiger partial charge in [0.1, 0.15) is 12.2 Å². The number of fused-ring (bicyclic) bond motifs is 1. The van der Waals surface area contributed by atoms with Gasteiger partial charge in [-0.05, 0) is 25.3 Å². The summed E-state index contributed by atoms with van der Waals surface area (Å²) in [5.74, 6) is 1.60. The zero-order valence-electron chi connectivity index (χ0n) is 13.2. The van der Waals surface area contributed by atoms with Gasteiger partial charge in [0.05, 0.1) is 19.3 Å². The lowest BCUT2D eigenvalue weighted by atomic mass is 10.2. The number of hydrogen-bond donors (Lipinski definition) is 1. The van der Waals surface area contributed by atoms with Gasteiger partial charge in [-0.1, -0.05) is 13.8 Å². The molecule has 0 spiro atoms. The van der Waals surface area contributed by atoms with Gasteiger partial charge in [0.2, 0.25) is 0 Å². The molecule has 0 aromatic carbocycles. The first-order valence-corrected chi connectivity index (χ1v) is 8.15. The maximum absolute atomic E-state index is 5.96. The number of morpholine rings is 1. The third kappa shape index (κ3) is 3.81. The van der Waals surface area contributed by atoms with Crippen molar-refractivity contribution in [3.8, 4) is 0 Å². The van der Waals surface area contributed by atoms with Crippen LogP contribution in [0.1, 0.15) is 32.5 Å². The second-order valence-electron chi connectivity index (χ2n) is 6.63. The van der Waals surface area contributed by atoms with Crippen LogP contribution in [-0.4, -0.2) is 58.1 Å². The number of rotatable bonds is 6. The number of hydrogen-bond acceptors (Lipinski definition) is 5. The van der Waals surface area contributed by atoms with Crippen LogP contribution in [0.3, 0.4) is 0 Å². The first-order valence-electron chi connectivity index (χ1n) is 8.15. The van der Waals surface area contributed by atoms with Gasteiger partial charge in [-0.15, -0.1) is 0 Å². The van der Waals surface area contributed by atoms with E-state index in [0.717, 1.165) is 38.6 Å². The van der Waals surface area contributed by atoms with Crippen LogP contribution >= 0.6 is 0 Å². The molecule has 1 aromatic rings. The lowest BCUT2D eigenvalue weighted by Crippen LogP contribution is -2.49. The third-order valence-corrected chi connectivity index (χ3v) is 4.35. The minimum absolute atomic E-state index is 0.306. The van der Waals surface area contributed by atoms with Gasteiger partial charge in [0, 0.05) is 25.7 Å². The molecule has 2 aliphatic heterocycles. The fourth-order valence-electron chi connectivity index (χ4n) is 3.28. The average molecular weight is 293 g/mol. The minimum Gasteiger partial charge on any atom is -0.374 e. The Labute approximate surface area is 126 Å². The molecule has 1 aromatic heterocycles. The Morgan fingerprint density at radius 1 is 1.48 bits per heavy atom. The molecular weight excluding hydrogens is 266 g/mol. The fraction of sp³-hybridized carbons (Fsp3) is 0.867. The van der Waals surface area contributed by atoms with Crippen molar-refractivity contribution < 1.29 is 4.74 Å². The zero-order valence-corrected chi connectivity index (χ0v) is 13.2. The molecule has 0 saturated carbocycles. The van der Waals surface area contributed by atoms with Crippen molar-refractivity contribution >= 4 is 0 Å². The van der Waals surface area contributed by atoms with E-state index in [2.05, 4.69) is 34.1 Å². The maximum atomic E-state index is 5.96. The molecule has 3 heterocycles. The van der Waals surface area contributed by atoms with Crippen LogP contribution in [0.4, 0.5) is 0 Å². The molecule has 3 rings (SSSR count). The van der Waals surface area contributed by atoms with E-state index >= 15 is 0 Å². The first kappa shape index (κ1) is 14.9. The van der Waals surface area contributed by atoms with E-state index in [0.29, 0.717) is 18.1 Å². The maximum Gasteiger partial charge on any atom is 0.140 e. The molecule has 0 amide bonds. The number of nitrogens with one attached hydrogen (secondary N) is 1. The van der Waals surface area contributed by atoms with E-state index in [-0.39, 0.29) is 0 Å². The molecule has 2 fully saturated rings. The van der Waals surface area contributed by atoms with Gasteiger partial charge >= 0.3 is 0 Å². The molecule has 0 bridgehead atoms. The number of ether oxygens (including phenoxy) is 1. The molecule has 2 atom stereocenters. The van der Waals surface area contributed by atoms with Crippen molar-refractivity contribution in [3.05, 3.63) is 12.2 Å². The second-order valence-corrected chi connectivity index (χ2v) is 6.63. The molecule has 6 heteroatoms. The Morgan fingerprint density at radius 2 is 2.38 bits per heavy atom. The summed E-state index contributed by atoms with van der Waals surface area (Å²) in [4.78, 5) is 6.92. The van der Waals surface area contributed by atoms with E-state index in [1.807, 2.05) is 4.68 Å². The van der Waals surface area contributed by atoms with Gasteiger partial charge < -0.3 is 10.1 Å². The summed E-state index contributed by atoms with van der Waals surface area (Å²) in [6.45, 7) is 10.2. The standard InChI is InChI=1S/C15H27N5O/c1-12(2)8-20-15(17-11-18-20)7-16-6-14-9-19-5-3-4-13(19)10-21-14/h11-14,16H,3-10H2,1-2H3. The summed E-state index contributed by atoms with van der Waals surface area (Å²) in [5.41, 5.74) is 0. The van der Waals surface area contributed by atoms with Crippen LogP contribution in [0.25, 0.3) is 0 Å². The van der Waals surface area contributed by atoms with Crippen molar-refractivity contribution in [3.63, 3.8) is 0 Å². The normalized spacial score (nSPS) is 26.4. The van der Waals surface area contributed by atoms with Crippen LogP contribution < -0.4 is 5.32 Å². The van der Waals surface area contributed by atoms with E-state index in [4.69, 9.17) is 4.74 Å². The Hall–Kier alpha value is -0.980. The van der Waals surface area contributed by atoms with Gasteiger partial charge in [0.25, 0.3) is 0 Å². The molecule has 21 heavy (non-hydrogen) atoms. The lowest BCUT2D eigenvalue weighted by molar-refractivity contribution is -0.0471. The highest BCUT2D eigenvalue weighted by molar-refractivity contribution is 4.88. The predicted octanol–water partition coefficient (Wildman–Crippen LogP) is 0.887. The van der Waals surface area contributed by atoms with Gasteiger partial charge in [-0.3, -0.25) is 4.90 Å². The lowest BCUT2D eigenvalue weighted by Gasteiger charge is -2.35. The van der Waals surface area contributed by atoms with Crippen molar-refractivity contribution in [2.45, 2.75) is 51.9 Å². The Bertz CT molecular complexity index is 447. The zero-order chi connectivity index (χ0) is 14.7. The smallest absolute Gasteiger partial charge is 0.140 e. The van der Waals surface area contributed by atoms with Gasteiger partial charge in [0.15, 0.2) is 0 Å². The molecule has 2 aliphatic rings. The third-order valence-electron chi connectivity index (χ3n) is 4.35. The van der Waals surface area contributed by atoms with E-state index in [1.165, 1.54) is 19.4 Å². The molecule has 2 saturated heterocycles. The van der Waals surface area contributed by atoms with Gasteiger partial charge in [-0.25, -0.2) is 9.67 Å². The molecular formula is C15H27N5O. The van der Waals surface area contributed by atoms with Crippen molar-refractivity contribution in [1.82, 2.24) is 25.0 Å². The molecule has 0 aliphatic carbocycles. The average Bonchev–Trinajstić information content (AvgIpc) is 3.07. The SMILES string of the molecule is CC(C)Cn1ncnc1CNCC1CN2CCCC2CO1. The highest BCUT2D eigenvalue weighted by atomic mass is 16.5. The van der Waals surface area contributed by atoms with Crippen LogP contribution in [0.2, 0.25) is 0 Å². The molecule has 0 radical (unpaired) electrons. The Kier molecular flexibility index (Phi) is 4.87. The fourth-order valence-corrected chi connectivity index (χ4v) is 3.28. The van der Waals surface area contributed by atoms with E-state index in [9.17, 15) is 0 Å². The topological polar surface area (TPSA) is 55.2 Å². The summed E-state index contributed by atoms with van der Waals surface area (Å²) < 4.78 is 7.96. The summed E-state index contributed by atoms with van der Waals surface area (Å²) in [5, 5.41) is 7.77. The van der Waals surface area contributed by atoms with Crippen molar-refractivity contribution in [2.75, 3.05) is 26.2 Å². The highest BCUT2D eigenvalue weighted by Crippen LogP contribution is 2.22. The van der Waals surface area contributed by atoms with Gasteiger partial charge in [-0.2, -0.15) is 5.10 Å². The quantitative estimate of drug-likeness (QED) is 0.844. The largest absolute Gasteiger partial charge is 0.374 e. The van der Waals surface area contributed by atoms with Crippen molar-refractivity contribution in [2.24, 2.45) is 5.92 Å². The summed E-state index contributed by atoms with van der Waals surface area (Å²) in [7, 11) is 0. The molecule has 118 valence electrons. The van der Waals surface area contributed by atoms with Crippen LogP contribution in [-0.2, 0) is 17.8 Å². The number of aromatic nitrogens is 3. The van der Waals surface area contributed by atoms with Crippen LogP contribution in [0, 0.1) is 5.92 Å².